The molecule has 0 aliphatic rings. The van der Waals surface area contributed by atoms with Crippen LogP contribution in [0.4, 0.5) is 0 Å². The van der Waals surface area contributed by atoms with Crippen molar-refractivity contribution in [3.05, 3.63) is 122 Å². The van der Waals surface area contributed by atoms with Crippen LogP contribution in [0.2, 0.25) is 5.02 Å². The van der Waals surface area contributed by atoms with Gasteiger partial charge in [-0.3, -0.25) is 19.4 Å². The number of aryl methyl sites for hydroxylation is 1. The van der Waals surface area contributed by atoms with E-state index in [-0.39, 0.29) is 11.1 Å². The third kappa shape index (κ3) is 4.08. The van der Waals surface area contributed by atoms with Crippen molar-refractivity contribution in [2.45, 2.75) is 13.5 Å². The average molecular weight is 458 g/mol. The number of hydrogen-bond acceptors (Lipinski definition) is 3. The summed E-state index contributed by atoms with van der Waals surface area (Å²) in [5.74, 6) is 1.41. The van der Waals surface area contributed by atoms with Crippen LogP contribution >= 0.6 is 11.6 Å². The second kappa shape index (κ2) is 8.48. The first kappa shape index (κ1) is 20.8. The summed E-state index contributed by atoms with van der Waals surface area (Å²) < 4.78 is 9.13. The SMILES string of the molecule is Cc1c2c(=O)[nH]n(-c3ccc(Cl)cc3)c2cc(=O)n1Cc1cccc(Oc2ccccc2)c1. The molecule has 0 fully saturated rings. The van der Waals surface area contributed by atoms with E-state index in [2.05, 4.69) is 5.10 Å². The second-order valence-corrected chi connectivity index (χ2v) is 8.17. The van der Waals surface area contributed by atoms with Crippen molar-refractivity contribution in [3.63, 3.8) is 0 Å². The fourth-order valence-electron chi connectivity index (χ4n) is 3.93. The molecule has 2 aromatic heterocycles. The molecule has 2 heterocycles. The molecule has 6 nitrogen and oxygen atoms in total. The van der Waals surface area contributed by atoms with Crippen LogP contribution in [0.1, 0.15) is 11.3 Å². The Balaban J connectivity index is 1.53. The zero-order valence-electron chi connectivity index (χ0n) is 17.8. The third-order valence-corrected chi connectivity index (χ3v) is 5.79. The number of aromatic nitrogens is 3. The van der Waals surface area contributed by atoms with Gasteiger partial charge in [-0.15, -0.1) is 0 Å². The van der Waals surface area contributed by atoms with Gasteiger partial charge in [0.1, 0.15) is 11.5 Å². The number of para-hydroxylation sites is 1. The predicted molar refractivity (Wildman–Crippen MR) is 130 cm³/mol. The van der Waals surface area contributed by atoms with Gasteiger partial charge in [-0.2, -0.15) is 0 Å². The van der Waals surface area contributed by atoms with Crippen molar-refractivity contribution in [2.75, 3.05) is 0 Å². The van der Waals surface area contributed by atoms with E-state index in [4.69, 9.17) is 16.3 Å². The molecule has 3 aromatic carbocycles. The number of benzene rings is 3. The Kier molecular flexibility index (Phi) is 5.36. The lowest BCUT2D eigenvalue weighted by atomic mass is 10.1. The van der Waals surface area contributed by atoms with E-state index in [1.54, 1.807) is 40.4 Å². The maximum atomic E-state index is 13.1. The standard InChI is InChI=1S/C26H20ClN3O3/c1-17-25-23(30(28-26(25)32)20-12-10-19(27)11-13-20)15-24(31)29(17)16-18-6-5-9-22(14-18)33-21-7-3-2-4-8-21/h2-15H,16H2,1H3,(H,28,32). The van der Waals surface area contributed by atoms with E-state index in [0.717, 1.165) is 11.3 Å². The van der Waals surface area contributed by atoms with Crippen molar-refractivity contribution in [2.24, 2.45) is 0 Å². The molecule has 0 atom stereocenters. The fraction of sp³-hybridized carbons (Fsp3) is 0.0769. The average Bonchev–Trinajstić information content (AvgIpc) is 3.14. The maximum Gasteiger partial charge on any atom is 0.274 e. The molecule has 7 heteroatoms. The summed E-state index contributed by atoms with van der Waals surface area (Å²) in [4.78, 5) is 25.9. The first-order valence-corrected chi connectivity index (χ1v) is 10.8. The Morgan fingerprint density at radius 1 is 0.879 bits per heavy atom. The maximum absolute atomic E-state index is 13.1. The van der Waals surface area contributed by atoms with Crippen molar-refractivity contribution < 1.29 is 4.74 Å². The minimum atomic E-state index is -0.257. The molecule has 33 heavy (non-hydrogen) atoms. The highest BCUT2D eigenvalue weighted by molar-refractivity contribution is 6.30. The molecule has 0 saturated heterocycles. The summed E-state index contributed by atoms with van der Waals surface area (Å²) in [7, 11) is 0. The van der Waals surface area contributed by atoms with Gasteiger partial charge in [0.15, 0.2) is 0 Å². The van der Waals surface area contributed by atoms with Crippen LogP contribution < -0.4 is 15.9 Å². The molecular formula is C26H20ClN3O3. The fourth-order valence-corrected chi connectivity index (χ4v) is 4.06. The van der Waals surface area contributed by atoms with Gasteiger partial charge in [0.2, 0.25) is 0 Å². The molecule has 164 valence electrons. The number of rotatable bonds is 5. The highest BCUT2D eigenvalue weighted by Crippen LogP contribution is 2.23. The zero-order valence-corrected chi connectivity index (χ0v) is 18.5. The van der Waals surface area contributed by atoms with Crippen molar-refractivity contribution >= 4 is 22.5 Å². The van der Waals surface area contributed by atoms with Gasteiger partial charge in [0.25, 0.3) is 11.1 Å². The first-order valence-electron chi connectivity index (χ1n) is 10.4. The molecule has 0 saturated carbocycles. The number of halogens is 1. The number of nitrogens with one attached hydrogen (secondary N) is 1. The smallest absolute Gasteiger partial charge is 0.274 e. The van der Waals surface area contributed by atoms with Crippen LogP contribution in [0.15, 0.2) is 94.5 Å². The quantitative estimate of drug-likeness (QED) is 0.390. The number of aromatic amines is 1. The summed E-state index contributed by atoms with van der Waals surface area (Å²) in [6.07, 6.45) is 0. The summed E-state index contributed by atoms with van der Waals surface area (Å²) in [6, 6.07) is 25.6. The molecule has 0 aliphatic heterocycles. The van der Waals surface area contributed by atoms with E-state index in [1.165, 1.54) is 6.07 Å². The van der Waals surface area contributed by atoms with Crippen LogP contribution in [0.5, 0.6) is 11.5 Å². The predicted octanol–water partition coefficient (Wildman–Crippen LogP) is 5.28. The molecule has 0 unspecified atom stereocenters. The highest BCUT2D eigenvalue weighted by Gasteiger charge is 2.16. The minimum Gasteiger partial charge on any atom is -0.457 e. The molecular weight excluding hydrogens is 438 g/mol. The lowest BCUT2D eigenvalue weighted by Gasteiger charge is -2.13. The number of nitrogens with zero attached hydrogens (tertiary/aromatic N) is 2. The van der Waals surface area contributed by atoms with Crippen molar-refractivity contribution in [1.82, 2.24) is 14.3 Å². The van der Waals surface area contributed by atoms with Crippen LogP contribution in [0, 0.1) is 6.92 Å². The Hall–Kier alpha value is -4.03. The van der Waals surface area contributed by atoms with Crippen LogP contribution in [0.3, 0.4) is 0 Å². The molecule has 1 N–H and O–H groups in total. The Morgan fingerprint density at radius 3 is 2.36 bits per heavy atom. The van der Waals surface area contributed by atoms with Gasteiger partial charge in [-0.05, 0) is 61.0 Å². The molecule has 0 spiro atoms. The van der Waals surface area contributed by atoms with E-state index in [0.29, 0.717) is 39.6 Å². The van der Waals surface area contributed by atoms with Gasteiger partial charge < -0.3 is 9.30 Å². The summed E-state index contributed by atoms with van der Waals surface area (Å²) in [6.45, 7) is 2.10. The first-order chi connectivity index (χ1) is 16.0. The Labute approximate surface area is 194 Å². The van der Waals surface area contributed by atoms with Gasteiger partial charge in [-0.25, -0.2) is 0 Å². The Bertz CT molecular complexity index is 1570. The summed E-state index contributed by atoms with van der Waals surface area (Å²) in [5, 5.41) is 3.90. The third-order valence-electron chi connectivity index (χ3n) is 5.53. The normalized spacial score (nSPS) is 11.1. The molecule has 5 rings (SSSR count). The van der Waals surface area contributed by atoms with E-state index >= 15 is 0 Å². The zero-order chi connectivity index (χ0) is 22.9. The van der Waals surface area contributed by atoms with Gasteiger partial charge in [0.05, 0.1) is 23.1 Å². The van der Waals surface area contributed by atoms with E-state index in [1.807, 2.05) is 54.6 Å². The van der Waals surface area contributed by atoms with Gasteiger partial charge >= 0.3 is 0 Å². The highest BCUT2D eigenvalue weighted by atomic mass is 35.5. The van der Waals surface area contributed by atoms with Gasteiger partial charge in [0, 0.05) is 16.8 Å². The van der Waals surface area contributed by atoms with Crippen molar-refractivity contribution in [1.29, 1.82) is 0 Å². The minimum absolute atomic E-state index is 0.198. The molecule has 0 radical (unpaired) electrons. The summed E-state index contributed by atoms with van der Waals surface area (Å²) in [5.41, 5.74) is 2.28. The Morgan fingerprint density at radius 2 is 1.61 bits per heavy atom. The number of ether oxygens (including phenoxy) is 1. The van der Waals surface area contributed by atoms with Gasteiger partial charge in [-0.1, -0.05) is 41.9 Å². The second-order valence-electron chi connectivity index (χ2n) is 7.73. The van der Waals surface area contributed by atoms with E-state index in [9.17, 15) is 9.59 Å². The van der Waals surface area contributed by atoms with Crippen LogP contribution in [0.25, 0.3) is 16.6 Å². The lowest BCUT2D eigenvalue weighted by molar-refractivity contribution is 0.481. The summed E-state index contributed by atoms with van der Waals surface area (Å²) >= 11 is 5.98. The number of fused-ring (bicyclic) bond motifs is 1. The number of pyridine rings is 1. The van der Waals surface area contributed by atoms with Crippen molar-refractivity contribution in [3.8, 4) is 17.2 Å². The molecule has 0 aliphatic carbocycles. The van der Waals surface area contributed by atoms with Crippen LogP contribution in [-0.2, 0) is 6.54 Å². The molecule has 0 bridgehead atoms. The van der Waals surface area contributed by atoms with Crippen LogP contribution in [-0.4, -0.2) is 14.3 Å². The number of H-pyrrole nitrogens is 1. The molecule has 5 aromatic rings. The largest absolute Gasteiger partial charge is 0.457 e. The lowest BCUT2D eigenvalue weighted by Crippen LogP contribution is -2.23. The monoisotopic (exact) mass is 457 g/mol. The molecule has 0 amide bonds. The van der Waals surface area contributed by atoms with E-state index < -0.39 is 0 Å². The number of hydrogen-bond donors (Lipinski definition) is 1. The topological polar surface area (TPSA) is 69.0 Å².